The molecule has 1 aromatic rings. The summed E-state index contributed by atoms with van der Waals surface area (Å²) in [4.78, 5) is 2.65. The van der Waals surface area contributed by atoms with E-state index in [2.05, 4.69) is 43.0 Å². The van der Waals surface area contributed by atoms with Gasteiger partial charge < -0.3 is 5.73 Å². The van der Waals surface area contributed by atoms with Gasteiger partial charge in [-0.15, -0.1) is 0 Å². The Morgan fingerprint density at radius 2 is 1.89 bits per heavy atom. The molecule has 0 saturated heterocycles. The minimum atomic E-state index is 0.741. The SMILES string of the molecule is CC(C)CN(Cc1ccccc1CCN)C1CC1. The standard InChI is InChI=1S/C16H26N2/c1-13(2)11-18(16-7-8-16)12-15-6-4-3-5-14(15)9-10-17/h3-6,13,16H,7-12,17H2,1-2H3. The normalized spacial score (nSPS) is 15.6. The van der Waals surface area contributed by atoms with Gasteiger partial charge in [0.2, 0.25) is 0 Å². The lowest BCUT2D eigenvalue weighted by Crippen LogP contribution is -2.30. The summed E-state index contributed by atoms with van der Waals surface area (Å²) >= 11 is 0. The molecule has 100 valence electrons. The fourth-order valence-electron chi connectivity index (χ4n) is 2.58. The lowest BCUT2D eigenvalue weighted by Gasteiger charge is -2.25. The molecule has 2 rings (SSSR count). The maximum absolute atomic E-state index is 5.70. The monoisotopic (exact) mass is 246 g/mol. The first-order valence-electron chi connectivity index (χ1n) is 7.21. The van der Waals surface area contributed by atoms with Gasteiger partial charge >= 0.3 is 0 Å². The molecule has 2 N–H and O–H groups in total. The quantitative estimate of drug-likeness (QED) is 0.801. The molecule has 0 aliphatic heterocycles. The molecular weight excluding hydrogens is 220 g/mol. The van der Waals surface area contributed by atoms with Crippen molar-refractivity contribution in [1.29, 1.82) is 0 Å². The Labute approximate surface area is 111 Å². The van der Waals surface area contributed by atoms with Crippen molar-refractivity contribution < 1.29 is 0 Å². The summed E-state index contributed by atoms with van der Waals surface area (Å²) in [7, 11) is 0. The van der Waals surface area contributed by atoms with Crippen LogP contribution in [0.15, 0.2) is 24.3 Å². The van der Waals surface area contributed by atoms with Crippen molar-refractivity contribution in [3.63, 3.8) is 0 Å². The van der Waals surface area contributed by atoms with Gasteiger partial charge in [0.25, 0.3) is 0 Å². The molecule has 1 aliphatic rings. The molecule has 0 amide bonds. The first-order chi connectivity index (χ1) is 8.70. The summed E-state index contributed by atoms with van der Waals surface area (Å²) < 4.78 is 0. The molecule has 1 aliphatic carbocycles. The Morgan fingerprint density at radius 3 is 2.44 bits per heavy atom. The predicted molar refractivity (Wildman–Crippen MR) is 77.5 cm³/mol. The average molecular weight is 246 g/mol. The van der Waals surface area contributed by atoms with Gasteiger partial charge in [0.15, 0.2) is 0 Å². The molecule has 0 unspecified atom stereocenters. The van der Waals surface area contributed by atoms with Gasteiger partial charge in [-0.05, 0) is 42.9 Å². The number of hydrogen-bond acceptors (Lipinski definition) is 2. The van der Waals surface area contributed by atoms with Gasteiger partial charge in [-0.1, -0.05) is 38.1 Å². The van der Waals surface area contributed by atoms with E-state index in [0.29, 0.717) is 0 Å². The number of benzene rings is 1. The smallest absolute Gasteiger partial charge is 0.0239 e. The van der Waals surface area contributed by atoms with Gasteiger partial charge in [0.1, 0.15) is 0 Å². The zero-order valence-corrected chi connectivity index (χ0v) is 11.7. The highest BCUT2D eigenvalue weighted by molar-refractivity contribution is 5.27. The Balaban J connectivity index is 2.05. The fraction of sp³-hybridized carbons (Fsp3) is 0.625. The third-order valence-electron chi connectivity index (χ3n) is 3.57. The van der Waals surface area contributed by atoms with Crippen molar-refractivity contribution in [3.05, 3.63) is 35.4 Å². The van der Waals surface area contributed by atoms with Crippen molar-refractivity contribution in [2.24, 2.45) is 11.7 Å². The molecule has 2 heteroatoms. The molecule has 0 atom stereocenters. The molecule has 0 radical (unpaired) electrons. The van der Waals surface area contributed by atoms with E-state index in [1.807, 2.05) is 0 Å². The van der Waals surface area contributed by atoms with Gasteiger partial charge in [0.05, 0.1) is 0 Å². The van der Waals surface area contributed by atoms with Gasteiger partial charge in [-0.25, -0.2) is 0 Å². The summed E-state index contributed by atoms with van der Waals surface area (Å²) in [6, 6.07) is 9.59. The third kappa shape index (κ3) is 3.82. The van der Waals surface area contributed by atoms with Crippen LogP contribution in [0, 0.1) is 5.92 Å². The maximum Gasteiger partial charge on any atom is 0.0239 e. The van der Waals surface area contributed by atoms with Crippen LogP contribution in [0.5, 0.6) is 0 Å². The minimum Gasteiger partial charge on any atom is -0.330 e. The van der Waals surface area contributed by atoms with E-state index in [0.717, 1.165) is 31.5 Å². The molecule has 1 fully saturated rings. The Morgan fingerprint density at radius 1 is 1.22 bits per heavy atom. The Hall–Kier alpha value is -0.860. The highest BCUT2D eigenvalue weighted by Gasteiger charge is 2.29. The second-order valence-corrected chi connectivity index (χ2v) is 5.86. The first kappa shape index (κ1) is 13.6. The zero-order valence-electron chi connectivity index (χ0n) is 11.7. The largest absolute Gasteiger partial charge is 0.330 e. The van der Waals surface area contributed by atoms with Crippen LogP contribution in [0.4, 0.5) is 0 Å². The lowest BCUT2D eigenvalue weighted by atomic mass is 10.0. The van der Waals surface area contributed by atoms with Crippen LogP contribution in [0.1, 0.15) is 37.8 Å². The van der Waals surface area contributed by atoms with Crippen LogP contribution in [-0.2, 0) is 13.0 Å². The average Bonchev–Trinajstić information content (AvgIpc) is 3.14. The highest BCUT2D eigenvalue weighted by atomic mass is 15.2. The molecular formula is C16H26N2. The molecule has 0 aromatic heterocycles. The van der Waals surface area contributed by atoms with E-state index < -0.39 is 0 Å². The second kappa shape index (κ2) is 6.35. The van der Waals surface area contributed by atoms with E-state index in [1.54, 1.807) is 0 Å². The number of nitrogens with two attached hydrogens (primary N) is 1. The van der Waals surface area contributed by atoms with E-state index >= 15 is 0 Å². The second-order valence-electron chi connectivity index (χ2n) is 5.86. The van der Waals surface area contributed by atoms with Crippen LogP contribution < -0.4 is 5.73 Å². The van der Waals surface area contributed by atoms with Crippen molar-refractivity contribution in [2.75, 3.05) is 13.1 Å². The first-order valence-corrected chi connectivity index (χ1v) is 7.21. The zero-order chi connectivity index (χ0) is 13.0. The Bertz CT molecular complexity index is 369. The predicted octanol–water partition coefficient (Wildman–Crippen LogP) is 2.81. The van der Waals surface area contributed by atoms with Crippen molar-refractivity contribution in [1.82, 2.24) is 4.90 Å². The van der Waals surface area contributed by atoms with Crippen LogP contribution in [-0.4, -0.2) is 24.0 Å². The lowest BCUT2D eigenvalue weighted by molar-refractivity contribution is 0.225. The molecule has 2 nitrogen and oxygen atoms in total. The van der Waals surface area contributed by atoms with Crippen molar-refractivity contribution in [2.45, 2.75) is 45.7 Å². The molecule has 0 heterocycles. The maximum atomic E-state index is 5.70. The summed E-state index contributed by atoms with van der Waals surface area (Å²) in [6.45, 7) is 7.66. The van der Waals surface area contributed by atoms with E-state index in [9.17, 15) is 0 Å². The number of rotatable bonds is 7. The molecule has 0 bridgehead atoms. The van der Waals surface area contributed by atoms with Crippen LogP contribution in [0.3, 0.4) is 0 Å². The van der Waals surface area contributed by atoms with Crippen LogP contribution >= 0.6 is 0 Å². The summed E-state index contributed by atoms with van der Waals surface area (Å²) in [5.41, 5.74) is 8.59. The number of nitrogens with zero attached hydrogens (tertiary/aromatic N) is 1. The van der Waals surface area contributed by atoms with Crippen molar-refractivity contribution in [3.8, 4) is 0 Å². The number of hydrogen-bond donors (Lipinski definition) is 1. The molecule has 1 saturated carbocycles. The fourth-order valence-corrected chi connectivity index (χ4v) is 2.58. The van der Waals surface area contributed by atoms with E-state index in [1.165, 1.54) is 30.5 Å². The van der Waals surface area contributed by atoms with E-state index in [-0.39, 0.29) is 0 Å². The summed E-state index contributed by atoms with van der Waals surface area (Å²) in [5.74, 6) is 0.743. The third-order valence-corrected chi connectivity index (χ3v) is 3.57. The summed E-state index contributed by atoms with van der Waals surface area (Å²) in [5, 5.41) is 0. The van der Waals surface area contributed by atoms with Crippen LogP contribution in [0.2, 0.25) is 0 Å². The highest BCUT2D eigenvalue weighted by Crippen LogP contribution is 2.29. The molecule has 0 spiro atoms. The van der Waals surface area contributed by atoms with Gasteiger partial charge in [0, 0.05) is 19.1 Å². The van der Waals surface area contributed by atoms with Gasteiger partial charge in [-0.2, -0.15) is 0 Å². The van der Waals surface area contributed by atoms with E-state index in [4.69, 9.17) is 5.73 Å². The minimum absolute atomic E-state index is 0.741. The Kier molecular flexibility index (Phi) is 4.79. The molecule has 1 aromatic carbocycles. The molecule has 18 heavy (non-hydrogen) atoms. The van der Waals surface area contributed by atoms with Crippen LogP contribution in [0.25, 0.3) is 0 Å². The summed E-state index contributed by atoms with van der Waals surface area (Å²) in [6.07, 6.45) is 3.76. The topological polar surface area (TPSA) is 29.3 Å². The van der Waals surface area contributed by atoms with Gasteiger partial charge in [-0.3, -0.25) is 4.90 Å². The van der Waals surface area contributed by atoms with Crippen molar-refractivity contribution >= 4 is 0 Å².